The quantitative estimate of drug-likeness (QED) is 0.864. The second-order valence-corrected chi connectivity index (χ2v) is 7.11. The standard InChI is InChI=1S/C14H13BrFNO3S/c1-9-4-11(15)7-12(5-9)17-21(19,20)14-3-2-10(8-18)6-13(14)16/h2-7,17-18H,8H2,1H3. The van der Waals surface area contributed by atoms with Crippen molar-refractivity contribution < 1.29 is 17.9 Å². The summed E-state index contributed by atoms with van der Waals surface area (Å²) in [6.45, 7) is 1.47. The first-order valence-corrected chi connectivity index (χ1v) is 8.29. The number of nitrogens with one attached hydrogen (secondary N) is 1. The lowest BCUT2D eigenvalue weighted by molar-refractivity contribution is 0.281. The van der Waals surface area contributed by atoms with Crippen molar-refractivity contribution >= 4 is 31.6 Å². The van der Waals surface area contributed by atoms with Gasteiger partial charge in [0.25, 0.3) is 10.0 Å². The van der Waals surface area contributed by atoms with Crippen molar-refractivity contribution in [2.45, 2.75) is 18.4 Å². The third kappa shape index (κ3) is 3.81. The topological polar surface area (TPSA) is 66.4 Å². The predicted molar refractivity (Wildman–Crippen MR) is 82.0 cm³/mol. The molecule has 7 heteroatoms. The number of hydrogen-bond donors (Lipinski definition) is 2. The zero-order valence-corrected chi connectivity index (χ0v) is 13.5. The Hall–Kier alpha value is -1.44. The average molecular weight is 374 g/mol. The van der Waals surface area contributed by atoms with Gasteiger partial charge in [0.1, 0.15) is 10.7 Å². The lowest BCUT2D eigenvalue weighted by atomic mass is 10.2. The van der Waals surface area contributed by atoms with Crippen LogP contribution in [-0.4, -0.2) is 13.5 Å². The zero-order valence-electron chi connectivity index (χ0n) is 11.1. The van der Waals surface area contributed by atoms with E-state index < -0.39 is 20.7 Å². The van der Waals surface area contributed by atoms with E-state index in [0.717, 1.165) is 22.2 Å². The second-order valence-electron chi connectivity index (χ2n) is 4.55. The number of halogens is 2. The summed E-state index contributed by atoms with van der Waals surface area (Å²) in [5, 5.41) is 8.92. The summed E-state index contributed by atoms with van der Waals surface area (Å²) in [4.78, 5) is -0.461. The monoisotopic (exact) mass is 373 g/mol. The molecule has 2 aromatic rings. The molecule has 4 nitrogen and oxygen atoms in total. The van der Waals surface area contributed by atoms with Crippen molar-refractivity contribution in [3.05, 3.63) is 57.8 Å². The van der Waals surface area contributed by atoms with Crippen LogP contribution >= 0.6 is 15.9 Å². The van der Waals surface area contributed by atoms with E-state index in [-0.39, 0.29) is 6.61 Å². The van der Waals surface area contributed by atoms with E-state index in [4.69, 9.17) is 5.11 Å². The summed E-state index contributed by atoms with van der Waals surface area (Å²) in [7, 11) is -4.03. The molecule has 0 amide bonds. The van der Waals surface area contributed by atoms with Gasteiger partial charge < -0.3 is 5.11 Å². The lowest BCUT2D eigenvalue weighted by Crippen LogP contribution is -2.15. The molecule has 0 aliphatic carbocycles. The molecule has 2 N–H and O–H groups in total. The van der Waals surface area contributed by atoms with Crippen molar-refractivity contribution in [3.63, 3.8) is 0 Å². The molecule has 2 aromatic carbocycles. The summed E-state index contributed by atoms with van der Waals surface area (Å²) in [5.41, 5.74) is 1.51. The molecule has 0 fully saturated rings. The molecule has 0 atom stereocenters. The maximum Gasteiger partial charge on any atom is 0.264 e. The molecule has 21 heavy (non-hydrogen) atoms. The van der Waals surface area contributed by atoms with Gasteiger partial charge in [0.2, 0.25) is 0 Å². The second kappa shape index (κ2) is 6.13. The van der Waals surface area contributed by atoms with E-state index in [1.807, 2.05) is 13.0 Å². The van der Waals surface area contributed by atoms with E-state index in [1.165, 1.54) is 6.07 Å². The number of aliphatic hydroxyl groups is 1. The van der Waals surface area contributed by atoms with Crippen LogP contribution in [0.15, 0.2) is 45.8 Å². The van der Waals surface area contributed by atoms with Gasteiger partial charge in [-0.3, -0.25) is 4.72 Å². The van der Waals surface area contributed by atoms with Gasteiger partial charge in [0, 0.05) is 4.47 Å². The predicted octanol–water partition coefficient (Wildman–Crippen LogP) is 3.19. The van der Waals surface area contributed by atoms with E-state index in [0.29, 0.717) is 11.3 Å². The number of hydrogen-bond acceptors (Lipinski definition) is 3. The van der Waals surface area contributed by atoms with Gasteiger partial charge in [0.15, 0.2) is 0 Å². The van der Waals surface area contributed by atoms with Crippen LogP contribution < -0.4 is 4.72 Å². The third-order valence-corrected chi connectivity index (χ3v) is 4.64. The first-order valence-electron chi connectivity index (χ1n) is 6.01. The van der Waals surface area contributed by atoms with Gasteiger partial charge in [-0.05, 0) is 48.4 Å². The molecule has 112 valence electrons. The van der Waals surface area contributed by atoms with E-state index in [1.54, 1.807) is 12.1 Å². The van der Waals surface area contributed by atoms with Gasteiger partial charge in [0.05, 0.1) is 12.3 Å². The minimum absolute atomic E-state index is 0.310. The average Bonchev–Trinajstić information content (AvgIpc) is 2.36. The lowest BCUT2D eigenvalue weighted by Gasteiger charge is -2.10. The molecule has 0 aliphatic rings. The van der Waals surface area contributed by atoms with Gasteiger partial charge >= 0.3 is 0 Å². The molecule has 0 aliphatic heterocycles. The third-order valence-electron chi connectivity index (χ3n) is 2.76. The summed E-state index contributed by atoms with van der Waals surface area (Å²) in [6, 6.07) is 8.56. The fourth-order valence-electron chi connectivity index (χ4n) is 1.87. The summed E-state index contributed by atoms with van der Waals surface area (Å²) in [5.74, 6) is -0.902. The molecule has 0 heterocycles. The Kier molecular flexibility index (Phi) is 4.65. The van der Waals surface area contributed by atoms with Gasteiger partial charge in [-0.15, -0.1) is 0 Å². The van der Waals surface area contributed by atoms with Crippen LogP contribution in [-0.2, 0) is 16.6 Å². The minimum Gasteiger partial charge on any atom is -0.392 e. The maximum absolute atomic E-state index is 13.9. The fourth-order valence-corrected chi connectivity index (χ4v) is 3.57. The Balaban J connectivity index is 2.38. The first kappa shape index (κ1) is 15.9. The smallest absolute Gasteiger partial charge is 0.264 e. The number of aryl methyl sites for hydroxylation is 1. The van der Waals surface area contributed by atoms with Crippen molar-refractivity contribution in [2.24, 2.45) is 0 Å². The highest BCUT2D eigenvalue weighted by molar-refractivity contribution is 9.10. The molecule has 0 aromatic heterocycles. The van der Waals surface area contributed by atoms with E-state index >= 15 is 0 Å². The zero-order chi connectivity index (χ0) is 15.6. The molecule has 0 bridgehead atoms. The Bertz CT molecular complexity index is 758. The van der Waals surface area contributed by atoms with Crippen LogP contribution in [0.5, 0.6) is 0 Å². The van der Waals surface area contributed by atoms with Crippen LogP contribution in [0.4, 0.5) is 10.1 Å². The molecular weight excluding hydrogens is 361 g/mol. The van der Waals surface area contributed by atoms with Gasteiger partial charge in [-0.1, -0.05) is 22.0 Å². The van der Waals surface area contributed by atoms with Crippen molar-refractivity contribution in [1.82, 2.24) is 0 Å². The molecule has 2 rings (SSSR count). The van der Waals surface area contributed by atoms with Crippen molar-refractivity contribution in [1.29, 1.82) is 0 Å². The Labute approximate surface area is 130 Å². The summed E-state index contributed by atoms with van der Waals surface area (Å²) < 4.78 is 41.3. The Morgan fingerprint density at radius 2 is 1.95 bits per heavy atom. The number of anilines is 1. The number of benzene rings is 2. The molecule has 0 saturated heterocycles. The number of rotatable bonds is 4. The normalized spacial score (nSPS) is 11.4. The van der Waals surface area contributed by atoms with Crippen LogP contribution in [0.25, 0.3) is 0 Å². The van der Waals surface area contributed by atoms with E-state index in [9.17, 15) is 12.8 Å². The Morgan fingerprint density at radius 1 is 1.24 bits per heavy atom. The maximum atomic E-state index is 13.9. The number of aliphatic hydroxyl groups excluding tert-OH is 1. The molecule has 0 unspecified atom stereocenters. The Morgan fingerprint density at radius 3 is 2.52 bits per heavy atom. The van der Waals surface area contributed by atoms with Crippen LogP contribution in [0.3, 0.4) is 0 Å². The van der Waals surface area contributed by atoms with Crippen LogP contribution in [0.2, 0.25) is 0 Å². The largest absolute Gasteiger partial charge is 0.392 e. The van der Waals surface area contributed by atoms with Crippen molar-refractivity contribution in [3.8, 4) is 0 Å². The van der Waals surface area contributed by atoms with Gasteiger partial charge in [-0.2, -0.15) is 0 Å². The van der Waals surface area contributed by atoms with Crippen molar-refractivity contribution in [2.75, 3.05) is 4.72 Å². The molecule has 0 saturated carbocycles. The summed E-state index contributed by atoms with van der Waals surface area (Å²) in [6.07, 6.45) is 0. The highest BCUT2D eigenvalue weighted by Gasteiger charge is 2.19. The SMILES string of the molecule is Cc1cc(Br)cc(NS(=O)(=O)c2ccc(CO)cc2F)c1. The van der Waals surface area contributed by atoms with Crippen LogP contribution in [0.1, 0.15) is 11.1 Å². The minimum atomic E-state index is -4.03. The van der Waals surface area contributed by atoms with Crippen LogP contribution in [0, 0.1) is 12.7 Å². The molecular formula is C14H13BrFNO3S. The fraction of sp³-hybridized carbons (Fsp3) is 0.143. The first-order chi connectivity index (χ1) is 9.81. The molecule has 0 spiro atoms. The summed E-state index contributed by atoms with van der Waals surface area (Å²) >= 11 is 3.27. The highest BCUT2D eigenvalue weighted by atomic mass is 79.9. The highest BCUT2D eigenvalue weighted by Crippen LogP contribution is 2.23. The van der Waals surface area contributed by atoms with Gasteiger partial charge in [-0.25, -0.2) is 12.8 Å². The van der Waals surface area contributed by atoms with E-state index in [2.05, 4.69) is 20.7 Å². The molecule has 0 radical (unpaired) electrons. The number of sulfonamides is 1.